The van der Waals surface area contributed by atoms with E-state index < -0.39 is 7.14 Å². The summed E-state index contributed by atoms with van der Waals surface area (Å²) in [7, 11) is -3.03. The van der Waals surface area contributed by atoms with Crippen LogP contribution in [0.2, 0.25) is 0 Å². The van der Waals surface area contributed by atoms with E-state index in [4.69, 9.17) is 39.9 Å². The lowest BCUT2D eigenvalue weighted by atomic mass is 10.0. The summed E-state index contributed by atoms with van der Waals surface area (Å²) in [5, 5.41) is 8.34. The van der Waals surface area contributed by atoms with Crippen LogP contribution in [0.1, 0.15) is 0 Å². The third-order valence-electron chi connectivity index (χ3n) is 25.3. The third kappa shape index (κ3) is 17.4. The van der Waals surface area contributed by atoms with Crippen molar-refractivity contribution in [1.82, 2.24) is 64.0 Å². The van der Waals surface area contributed by atoms with E-state index in [1.165, 1.54) is 43.6 Å². The molecule has 12 heterocycles. The zero-order valence-corrected chi connectivity index (χ0v) is 76.6. The summed E-state index contributed by atoms with van der Waals surface area (Å²) in [6.07, 6.45) is 11.1. The summed E-state index contributed by atoms with van der Waals surface area (Å²) in [6.45, 7) is 0. The number of hydrogen-bond acceptors (Lipinski definition) is 12. The predicted molar refractivity (Wildman–Crippen MR) is 571 cm³/mol. The average molecular weight is 1820 g/mol. The number of pyridine rings is 9. The van der Waals surface area contributed by atoms with E-state index in [0.717, 1.165) is 179 Å². The number of rotatable bonds is 18. The summed E-state index contributed by atoms with van der Waals surface area (Å²) in [6, 6.07) is 161. The molecule has 0 fully saturated rings. The molecule has 0 saturated heterocycles. The molecule has 0 spiro atoms. The molecule has 25 rings (SSSR count). The molecule has 140 heavy (non-hydrogen) atoms. The van der Waals surface area contributed by atoms with E-state index in [1.807, 2.05) is 261 Å². The van der Waals surface area contributed by atoms with Gasteiger partial charge in [-0.25, -0.2) is 24.9 Å². The van der Waals surface area contributed by atoms with Gasteiger partial charge in [0.2, 0.25) is 0 Å². The quantitative estimate of drug-likeness (QED) is 0.0747. The topological polar surface area (TPSA) is 169 Å². The van der Waals surface area contributed by atoms with Crippen LogP contribution in [0.3, 0.4) is 0 Å². The normalized spacial score (nSPS) is 11.3. The molecule has 0 unspecified atom stereocenters. The van der Waals surface area contributed by atoms with Crippen LogP contribution in [0.25, 0.3) is 212 Å². The van der Waals surface area contributed by atoms with Crippen molar-refractivity contribution in [2.45, 2.75) is 0 Å². The maximum absolute atomic E-state index is 14.7. The SMILES string of the molecule is O=P(c1ccccc1)(c1ccccc1)c1ccc(-c2ccc(-c3cc(-c4ccccc4)cc(-c4ccccn4)n3)nc2)cc1.c1ccc(-c2cc(-c3ccccn3)nc(-c3ccc(-c4cc(-n5c6ccccc6c6ccccc65)cc(-n5c6ccccc6c6ccccc65)c4)cn3)c2)cc1.c1ccc(-c2cc(-c3ccccn3)nc(-c3ccc(-c4nc(-c5ccccc5)nc5ccccc45)cn3)c2)cc1. The van der Waals surface area contributed by atoms with Crippen LogP contribution in [-0.2, 0) is 4.57 Å². The fourth-order valence-electron chi connectivity index (χ4n) is 18.5. The molecule has 0 aliphatic carbocycles. The second kappa shape index (κ2) is 38.4. The molecule has 660 valence electrons. The highest BCUT2D eigenvalue weighted by atomic mass is 31.2. The highest BCUT2D eigenvalue weighted by molar-refractivity contribution is 7.85. The van der Waals surface area contributed by atoms with Gasteiger partial charge in [0.15, 0.2) is 13.0 Å². The number of hydrogen-bond donors (Lipinski definition) is 0. The van der Waals surface area contributed by atoms with E-state index >= 15 is 0 Å². The molecule has 0 atom stereocenters. The molecule has 15 heteroatoms. The first-order valence-electron chi connectivity index (χ1n) is 46.4. The highest BCUT2D eigenvalue weighted by Crippen LogP contribution is 2.45. The Morgan fingerprint density at radius 1 is 0.179 bits per heavy atom. The van der Waals surface area contributed by atoms with Gasteiger partial charge in [0.1, 0.15) is 0 Å². The summed E-state index contributed by atoms with van der Waals surface area (Å²) in [5.41, 5.74) is 30.6. The van der Waals surface area contributed by atoms with Crippen molar-refractivity contribution < 1.29 is 4.57 Å². The minimum Gasteiger partial charge on any atom is -0.309 e. The third-order valence-corrected chi connectivity index (χ3v) is 28.4. The Morgan fingerprint density at radius 2 is 0.457 bits per heavy atom. The van der Waals surface area contributed by atoms with Gasteiger partial charge in [-0.3, -0.25) is 29.9 Å². The number of para-hydroxylation sites is 5. The number of aromatic nitrogens is 13. The molecule has 0 saturated carbocycles. The van der Waals surface area contributed by atoms with Crippen LogP contribution in [0.15, 0.2) is 510 Å². The average Bonchev–Trinajstić information content (AvgIpc) is 1.60. The highest BCUT2D eigenvalue weighted by Gasteiger charge is 2.30. The van der Waals surface area contributed by atoms with Crippen molar-refractivity contribution in [2.24, 2.45) is 0 Å². The smallest absolute Gasteiger partial charge is 0.171 e. The van der Waals surface area contributed by atoms with Crippen LogP contribution < -0.4 is 15.9 Å². The molecule has 0 amide bonds. The van der Waals surface area contributed by atoms with Gasteiger partial charge in [-0.05, 0) is 190 Å². The summed E-state index contributed by atoms with van der Waals surface area (Å²) in [4.78, 5) is 53.2. The fraction of sp³-hybridized carbons (Fsp3) is 0. The molecule has 12 aromatic heterocycles. The van der Waals surface area contributed by atoms with Gasteiger partial charge in [0.25, 0.3) is 0 Å². The molecule has 13 aromatic carbocycles. The lowest BCUT2D eigenvalue weighted by Gasteiger charge is -2.20. The van der Waals surface area contributed by atoms with E-state index in [1.54, 1.807) is 18.6 Å². The number of fused-ring (bicyclic) bond motifs is 7. The zero-order valence-electron chi connectivity index (χ0n) is 75.7. The van der Waals surface area contributed by atoms with Crippen molar-refractivity contribution in [3.63, 3.8) is 0 Å². The van der Waals surface area contributed by atoms with Crippen LogP contribution in [-0.4, -0.2) is 64.0 Å². The Kier molecular flexibility index (Phi) is 23.5. The minimum atomic E-state index is -3.03. The first-order valence-corrected chi connectivity index (χ1v) is 48.1. The Morgan fingerprint density at radius 3 is 0.807 bits per heavy atom. The molecular formula is C125H84N13OP. The van der Waals surface area contributed by atoms with Gasteiger partial charge in [-0.1, -0.05) is 328 Å². The van der Waals surface area contributed by atoms with Gasteiger partial charge in [-0.2, -0.15) is 0 Å². The second-order valence-corrected chi connectivity index (χ2v) is 36.8. The van der Waals surface area contributed by atoms with Crippen LogP contribution >= 0.6 is 7.14 Å². The lowest BCUT2D eigenvalue weighted by molar-refractivity contribution is 0.592. The number of benzene rings is 13. The monoisotopic (exact) mass is 1810 g/mol. The molecule has 0 radical (unpaired) electrons. The maximum Gasteiger partial charge on any atom is 0.171 e. The standard InChI is InChI=1S/C51H33N5.C39H28N3OP.C35H23N5/c1-2-14-34(15-3-1)37-30-46(44-20-12-13-27-52-44)54-47(31-37)45-26-25-35(33-53-45)36-28-38(55-48-21-8-4-16-40(48)41-17-5-9-22-49(41)55)32-39(29-36)56-50-23-10-6-18-42(50)43-19-7-11-24-51(43)56;43-44(33-14-6-2-7-15-33,34-16-8-3-9-17-34)35-22-19-30(20-23-35)31-21-24-37(41-28-31)39-27-32(29-12-4-1-5-13-29)26-38(42-39)36-18-10-11-25-40-36;1-3-11-24(12-4-1)27-21-32(30-17-9-10-20-36-30)38-33(22-27)31-19-18-26(23-37-31)34-28-15-7-8-16-29(28)39-35(40-34)25-13-5-2-6-14-25/h1-33H;1-28H;1-23H. The minimum absolute atomic E-state index is 0.690. The van der Waals surface area contributed by atoms with Crippen molar-refractivity contribution >= 4 is 77.6 Å². The zero-order chi connectivity index (χ0) is 93.5. The van der Waals surface area contributed by atoms with Crippen molar-refractivity contribution in [1.29, 1.82) is 0 Å². The number of nitrogens with zero attached hydrogens (tertiary/aromatic N) is 13. The van der Waals surface area contributed by atoms with Gasteiger partial charge in [0, 0.05) is 114 Å². The second-order valence-electron chi connectivity index (χ2n) is 34.0. The van der Waals surface area contributed by atoms with Gasteiger partial charge >= 0.3 is 0 Å². The first-order chi connectivity index (χ1) is 69.3. The van der Waals surface area contributed by atoms with E-state index in [9.17, 15) is 4.57 Å². The van der Waals surface area contributed by atoms with Gasteiger partial charge < -0.3 is 13.7 Å². The van der Waals surface area contributed by atoms with Crippen molar-refractivity contribution in [3.05, 3.63) is 510 Å². The Balaban J connectivity index is 0.000000119. The van der Waals surface area contributed by atoms with Crippen LogP contribution in [0.5, 0.6) is 0 Å². The van der Waals surface area contributed by atoms with Crippen LogP contribution in [0, 0.1) is 0 Å². The molecule has 0 N–H and O–H groups in total. The van der Waals surface area contributed by atoms with Gasteiger partial charge in [0.05, 0.1) is 102 Å². The Hall–Kier alpha value is -18.6. The van der Waals surface area contributed by atoms with E-state index in [2.05, 4.69) is 255 Å². The first kappa shape index (κ1) is 85.6. The molecule has 25 aromatic rings. The summed E-state index contributed by atoms with van der Waals surface area (Å²) in [5.74, 6) is 0.690. The Bertz CT molecular complexity index is 8370. The lowest BCUT2D eigenvalue weighted by Crippen LogP contribution is -2.24. The molecule has 0 bridgehead atoms. The van der Waals surface area contributed by atoms with Crippen molar-refractivity contribution in [3.8, 4) is 158 Å². The predicted octanol–water partition coefficient (Wildman–Crippen LogP) is 29.1. The fourth-order valence-corrected chi connectivity index (χ4v) is 21.1. The molecular weight excluding hydrogens is 1730 g/mol. The molecule has 0 aliphatic heterocycles. The van der Waals surface area contributed by atoms with Crippen LogP contribution in [0.4, 0.5) is 0 Å². The van der Waals surface area contributed by atoms with Gasteiger partial charge in [-0.15, -0.1) is 0 Å². The summed E-state index contributed by atoms with van der Waals surface area (Å²) < 4.78 is 19.5. The Labute approximate surface area is 808 Å². The molecule has 0 aliphatic rings. The maximum atomic E-state index is 14.7. The van der Waals surface area contributed by atoms with Crippen molar-refractivity contribution in [2.75, 3.05) is 0 Å². The molecule has 14 nitrogen and oxygen atoms in total. The largest absolute Gasteiger partial charge is 0.309 e. The van der Waals surface area contributed by atoms with E-state index in [0.29, 0.717) is 5.82 Å². The van der Waals surface area contributed by atoms with E-state index in [-0.39, 0.29) is 0 Å². The summed E-state index contributed by atoms with van der Waals surface area (Å²) >= 11 is 0.